The van der Waals surface area contributed by atoms with E-state index in [2.05, 4.69) is 20.4 Å². The third-order valence-corrected chi connectivity index (χ3v) is 4.26. The molecule has 2 rings (SSSR count). The largest absolute Gasteiger partial charge is 0.316 e. The molecule has 9 heteroatoms. The standard InChI is InChI=1S/C12H16FN5O2S/c1-14-9-10-8-11(2-3-12(10)13)21(19,20)16-5-7-18-6-4-15-17-18/h2-4,6,8,14,16H,5,7,9H2,1H3. The van der Waals surface area contributed by atoms with E-state index in [-0.39, 0.29) is 18.0 Å². The maximum absolute atomic E-state index is 13.5. The van der Waals surface area contributed by atoms with Gasteiger partial charge in [-0.05, 0) is 25.2 Å². The van der Waals surface area contributed by atoms with Crippen molar-refractivity contribution in [3.8, 4) is 0 Å². The van der Waals surface area contributed by atoms with Crippen molar-refractivity contribution >= 4 is 10.0 Å². The third-order valence-electron chi connectivity index (χ3n) is 2.80. The topological polar surface area (TPSA) is 88.9 Å². The molecule has 0 unspecified atom stereocenters. The second kappa shape index (κ2) is 6.74. The quantitative estimate of drug-likeness (QED) is 0.758. The maximum atomic E-state index is 13.5. The number of sulfonamides is 1. The number of nitrogens with one attached hydrogen (secondary N) is 2. The summed E-state index contributed by atoms with van der Waals surface area (Å²) in [6.45, 7) is 0.794. The SMILES string of the molecule is CNCc1cc(S(=O)(=O)NCCn2ccnn2)ccc1F. The highest BCUT2D eigenvalue weighted by molar-refractivity contribution is 7.89. The van der Waals surface area contributed by atoms with E-state index < -0.39 is 15.8 Å². The van der Waals surface area contributed by atoms with E-state index in [4.69, 9.17) is 0 Å². The molecule has 0 saturated carbocycles. The van der Waals surface area contributed by atoms with E-state index in [0.717, 1.165) is 6.07 Å². The number of hydrogen-bond donors (Lipinski definition) is 2. The molecule has 0 aliphatic heterocycles. The molecular formula is C12H16FN5O2S. The molecule has 0 fully saturated rings. The molecule has 0 aliphatic rings. The van der Waals surface area contributed by atoms with Gasteiger partial charge in [-0.2, -0.15) is 0 Å². The van der Waals surface area contributed by atoms with Crippen LogP contribution in [-0.4, -0.2) is 37.0 Å². The average Bonchev–Trinajstić information content (AvgIpc) is 2.94. The van der Waals surface area contributed by atoms with Gasteiger partial charge >= 0.3 is 0 Å². The van der Waals surface area contributed by atoms with Gasteiger partial charge in [-0.3, -0.25) is 4.68 Å². The molecule has 7 nitrogen and oxygen atoms in total. The molecule has 1 heterocycles. The van der Waals surface area contributed by atoms with Crippen LogP contribution < -0.4 is 10.0 Å². The van der Waals surface area contributed by atoms with Crippen molar-refractivity contribution in [1.29, 1.82) is 0 Å². The smallest absolute Gasteiger partial charge is 0.240 e. The average molecular weight is 313 g/mol. The van der Waals surface area contributed by atoms with E-state index in [1.807, 2.05) is 0 Å². The van der Waals surface area contributed by atoms with Crippen molar-refractivity contribution in [2.24, 2.45) is 0 Å². The predicted octanol–water partition coefficient (Wildman–Crippen LogP) is 0.115. The highest BCUT2D eigenvalue weighted by atomic mass is 32.2. The summed E-state index contributed by atoms with van der Waals surface area (Å²) in [4.78, 5) is 0.0349. The summed E-state index contributed by atoms with van der Waals surface area (Å²) < 4.78 is 41.7. The summed E-state index contributed by atoms with van der Waals surface area (Å²) in [6.07, 6.45) is 3.15. The van der Waals surface area contributed by atoms with E-state index in [0.29, 0.717) is 12.1 Å². The summed E-state index contributed by atoms with van der Waals surface area (Å²) in [5.74, 6) is -0.439. The van der Waals surface area contributed by atoms with Crippen LogP contribution in [0, 0.1) is 5.82 Å². The van der Waals surface area contributed by atoms with Crippen LogP contribution in [0.15, 0.2) is 35.5 Å². The van der Waals surface area contributed by atoms with E-state index in [9.17, 15) is 12.8 Å². The monoisotopic (exact) mass is 313 g/mol. The molecule has 0 atom stereocenters. The van der Waals surface area contributed by atoms with Crippen molar-refractivity contribution in [2.75, 3.05) is 13.6 Å². The maximum Gasteiger partial charge on any atom is 0.240 e. The minimum atomic E-state index is -3.68. The Balaban J connectivity index is 2.06. The molecule has 21 heavy (non-hydrogen) atoms. The minimum Gasteiger partial charge on any atom is -0.316 e. The lowest BCUT2D eigenvalue weighted by atomic mass is 10.2. The van der Waals surface area contributed by atoms with Gasteiger partial charge in [0.05, 0.1) is 17.6 Å². The van der Waals surface area contributed by atoms with Gasteiger partial charge in [-0.1, -0.05) is 5.21 Å². The predicted molar refractivity (Wildman–Crippen MR) is 74.4 cm³/mol. The Morgan fingerprint density at radius 1 is 1.38 bits per heavy atom. The van der Waals surface area contributed by atoms with Crippen LogP contribution in [-0.2, 0) is 23.1 Å². The molecule has 1 aromatic carbocycles. The zero-order valence-corrected chi connectivity index (χ0v) is 12.3. The molecule has 0 saturated heterocycles. The Hall–Kier alpha value is -1.84. The number of hydrogen-bond acceptors (Lipinski definition) is 5. The van der Waals surface area contributed by atoms with Crippen LogP contribution in [0.2, 0.25) is 0 Å². The summed E-state index contributed by atoms with van der Waals surface area (Å²) in [6, 6.07) is 3.72. The summed E-state index contributed by atoms with van der Waals surface area (Å²) >= 11 is 0. The Kier molecular flexibility index (Phi) is 4.99. The van der Waals surface area contributed by atoms with Crippen molar-refractivity contribution in [2.45, 2.75) is 18.0 Å². The molecule has 0 amide bonds. The van der Waals surface area contributed by atoms with Gasteiger partial charge in [0.1, 0.15) is 5.82 Å². The molecule has 2 N–H and O–H groups in total. The van der Waals surface area contributed by atoms with E-state index in [1.54, 1.807) is 13.2 Å². The fourth-order valence-corrected chi connectivity index (χ4v) is 2.85. The third kappa shape index (κ3) is 4.06. The van der Waals surface area contributed by atoms with Gasteiger partial charge in [0.2, 0.25) is 10.0 Å². The number of halogens is 1. The van der Waals surface area contributed by atoms with Crippen molar-refractivity contribution < 1.29 is 12.8 Å². The summed E-state index contributed by atoms with van der Waals surface area (Å²) in [7, 11) is -2.01. The van der Waals surface area contributed by atoms with Gasteiger partial charge in [0.25, 0.3) is 0 Å². The number of benzene rings is 1. The zero-order valence-electron chi connectivity index (χ0n) is 11.5. The van der Waals surface area contributed by atoms with Crippen LogP contribution in [0.1, 0.15) is 5.56 Å². The summed E-state index contributed by atoms with van der Waals surface area (Å²) in [5, 5.41) is 10.1. The molecule has 114 valence electrons. The second-order valence-electron chi connectivity index (χ2n) is 4.35. The fourth-order valence-electron chi connectivity index (χ4n) is 1.77. The highest BCUT2D eigenvalue weighted by Crippen LogP contribution is 2.14. The lowest BCUT2D eigenvalue weighted by Gasteiger charge is -2.09. The Morgan fingerprint density at radius 3 is 2.86 bits per heavy atom. The number of aromatic nitrogens is 3. The van der Waals surface area contributed by atoms with Gasteiger partial charge in [0, 0.05) is 24.8 Å². The zero-order chi connectivity index (χ0) is 15.3. The Morgan fingerprint density at radius 2 is 2.19 bits per heavy atom. The van der Waals surface area contributed by atoms with Crippen LogP contribution in [0.25, 0.3) is 0 Å². The molecule has 0 radical (unpaired) electrons. The van der Waals surface area contributed by atoms with E-state index >= 15 is 0 Å². The van der Waals surface area contributed by atoms with Gasteiger partial charge in [0.15, 0.2) is 0 Å². The van der Waals surface area contributed by atoms with Crippen molar-refractivity contribution in [3.63, 3.8) is 0 Å². The number of nitrogens with zero attached hydrogens (tertiary/aromatic N) is 3. The lowest BCUT2D eigenvalue weighted by molar-refractivity contribution is 0.552. The molecular weight excluding hydrogens is 297 g/mol. The van der Waals surface area contributed by atoms with Gasteiger partial charge < -0.3 is 5.32 Å². The first-order chi connectivity index (χ1) is 10.0. The summed E-state index contributed by atoms with van der Waals surface area (Å²) in [5.41, 5.74) is 0.302. The van der Waals surface area contributed by atoms with Gasteiger partial charge in [-0.15, -0.1) is 5.10 Å². The molecule has 0 aliphatic carbocycles. The first kappa shape index (κ1) is 15.5. The highest BCUT2D eigenvalue weighted by Gasteiger charge is 2.15. The fraction of sp³-hybridized carbons (Fsp3) is 0.333. The molecule has 2 aromatic rings. The second-order valence-corrected chi connectivity index (χ2v) is 6.11. The molecule has 0 bridgehead atoms. The van der Waals surface area contributed by atoms with Crippen LogP contribution in [0.4, 0.5) is 4.39 Å². The van der Waals surface area contributed by atoms with Crippen LogP contribution >= 0.6 is 0 Å². The van der Waals surface area contributed by atoms with Crippen molar-refractivity contribution in [3.05, 3.63) is 42.0 Å². The Bertz CT molecular complexity index is 688. The number of rotatable bonds is 7. The Labute approximate surface area is 122 Å². The minimum absolute atomic E-state index is 0.0349. The normalized spacial score (nSPS) is 11.7. The first-order valence-electron chi connectivity index (χ1n) is 6.30. The lowest BCUT2D eigenvalue weighted by Crippen LogP contribution is -2.28. The van der Waals surface area contributed by atoms with Gasteiger partial charge in [-0.25, -0.2) is 17.5 Å². The molecule has 0 spiro atoms. The first-order valence-corrected chi connectivity index (χ1v) is 7.78. The molecule has 1 aromatic heterocycles. The van der Waals surface area contributed by atoms with Crippen LogP contribution in [0.5, 0.6) is 0 Å². The van der Waals surface area contributed by atoms with E-state index in [1.165, 1.54) is 23.0 Å². The van der Waals surface area contributed by atoms with Crippen molar-refractivity contribution in [1.82, 2.24) is 25.0 Å². The van der Waals surface area contributed by atoms with Crippen LogP contribution in [0.3, 0.4) is 0 Å².